The van der Waals surface area contributed by atoms with E-state index in [4.69, 9.17) is 4.74 Å². The first-order valence-corrected chi connectivity index (χ1v) is 13.8. The number of hydrogen-bond acceptors (Lipinski definition) is 7. The molecule has 1 aliphatic heterocycles. The van der Waals surface area contributed by atoms with E-state index in [1.165, 1.54) is 6.92 Å². The lowest BCUT2D eigenvalue weighted by molar-refractivity contribution is -0.123. The van der Waals surface area contributed by atoms with Crippen LogP contribution in [-0.4, -0.2) is 81.8 Å². The molecule has 1 atom stereocenters. The van der Waals surface area contributed by atoms with E-state index >= 15 is 0 Å². The van der Waals surface area contributed by atoms with Crippen molar-refractivity contribution < 1.29 is 22.7 Å². The maximum absolute atomic E-state index is 12.6. The third-order valence-corrected chi connectivity index (χ3v) is 7.11. The Hall–Kier alpha value is -1.66. The minimum absolute atomic E-state index is 0.0659. The maximum atomic E-state index is 12.6. The molecule has 0 saturated carbocycles. The summed E-state index contributed by atoms with van der Waals surface area (Å²) in [7, 11) is -3.49. The first-order valence-electron chi connectivity index (χ1n) is 10.8. The predicted molar refractivity (Wildman–Crippen MR) is 128 cm³/mol. The van der Waals surface area contributed by atoms with Gasteiger partial charge in [-0.2, -0.15) is 11.8 Å². The van der Waals surface area contributed by atoms with Crippen LogP contribution in [0.15, 0.2) is 24.3 Å². The highest BCUT2D eigenvalue weighted by atomic mass is 32.2. The smallest absolute Gasteiger partial charge is 0.238 e. The summed E-state index contributed by atoms with van der Waals surface area (Å²) in [6.45, 7) is 5.55. The number of thioether (sulfide) groups is 1. The molecule has 0 aliphatic carbocycles. The van der Waals surface area contributed by atoms with Crippen LogP contribution in [0.4, 0.5) is 5.69 Å². The van der Waals surface area contributed by atoms with Crippen LogP contribution < -0.4 is 15.4 Å². The van der Waals surface area contributed by atoms with Gasteiger partial charge >= 0.3 is 0 Å². The van der Waals surface area contributed by atoms with E-state index in [2.05, 4.69) is 20.3 Å². The second kappa shape index (κ2) is 13.8. The summed E-state index contributed by atoms with van der Waals surface area (Å²) in [5.74, 6) is 0.152. The molecule has 0 radical (unpaired) electrons. The lowest BCUT2D eigenvalue weighted by Crippen LogP contribution is -2.47. The number of nitrogens with zero attached hydrogens (tertiary/aromatic N) is 1. The highest BCUT2D eigenvalue weighted by Crippen LogP contribution is 2.12. The normalized spacial score (nSPS) is 15.8. The SMILES string of the molecule is CCS(=O)(=O)NC(CCSC)C(=O)NCc1cccc(NC(=O)CCN2CCOCC2)c1. The highest BCUT2D eigenvalue weighted by molar-refractivity contribution is 7.98. The Bertz CT molecular complexity index is 844. The predicted octanol–water partition coefficient (Wildman–Crippen LogP) is 1.02. The van der Waals surface area contributed by atoms with Crippen LogP contribution in [-0.2, 0) is 30.9 Å². The molecule has 1 aromatic carbocycles. The van der Waals surface area contributed by atoms with Gasteiger partial charge in [0, 0.05) is 38.3 Å². The number of anilines is 1. The van der Waals surface area contributed by atoms with Gasteiger partial charge in [0.25, 0.3) is 0 Å². The maximum Gasteiger partial charge on any atom is 0.238 e. The third kappa shape index (κ3) is 9.86. The van der Waals surface area contributed by atoms with E-state index in [-0.39, 0.29) is 24.1 Å². The molecule has 1 saturated heterocycles. The van der Waals surface area contributed by atoms with E-state index in [0.717, 1.165) is 18.7 Å². The molecule has 1 unspecified atom stereocenters. The number of nitrogens with one attached hydrogen (secondary N) is 3. The standard InChI is InChI=1S/C21H34N4O5S2/c1-3-32(28,29)24-19(8-14-31-2)21(27)22-16-17-5-4-6-18(15-17)23-20(26)7-9-25-10-12-30-13-11-25/h4-6,15,19,24H,3,7-14,16H2,1-2H3,(H,22,27)(H,23,26). The van der Waals surface area contributed by atoms with Crippen LogP contribution in [0.1, 0.15) is 25.3 Å². The summed E-state index contributed by atoms with van der Waals surface area (Å²) in [5, 5.41) is 5.69. The molecule has 2 amide bonds. The van der Waals surface area contributed by atoms with Crippen molar-refractivity contribution in [1.82, 2.24) is 14.9 Å². The number of amides is 2. The number of rotatable bonds is 13. The molecule has 1 heterocycles. The fraction of sp³-hybridized carbons (Fsp3) is 0.619. The summed E-state index contributed by atoms with van der Waals surface area (Å²) in [4.78, 5) is 27.1. The van der Waals surface area contributed by atoms with Crippen molar-refractivity contribution >= 4 is 39.3 Å². The molecular formula is C21H34N4O5S2. The van der Waals surface area contributed by atoms with E-state index < -0.39 is 16.1 Å². The van der Waals surface area contributed by atoms with Crippen LogP contribution in [0.3, 0.4) is 0 Å². The lowest BCUT2D eigenvalue weighted by Gasteiger charge is -2.26. The number of morpholine rings is 1. The summed E-state index contributed by atoms with van der Waals surface area (Å²) in [6, 6.07) is 6.45. The molecule has 0 spiro atoms. The van der Waals surface area contributed by atoms with Crippen molar-refractivity contribution in [2.75, 3.05) is 55.9 Å². The van der Waals surface area contributed by atoms with Crippen molar-refractivity contribution in [1.29, 1.82) is 0 Å². The second-order valence-electron chi connectivity index (χ2n) is 7.53. The van der Waals surface area contributed by atoms with Gasteiger partial charge in [-0.05, 0) is 43.0 Å². The van der Waals surface area contributed by atoms with Gasteiger partial charge in [0.1, 0.15) is 6.04 Å². The quantitative estimate of drug-likeness (QED) is 0.381. The first kappa shape index (κ1) is 26.6. The van der Waals surface area contributed by atoms with Crippen LogP contribution in [0.5, 0.6) is 0 Å². The summed E-state index contributed by atoms with van der Waals surface area (Å²) >= 11 is 1.55. The Kier molecular flexibility index (Phi) is 11.5. The first-order chi connectivity index (χ1) is 15.3. The number of carbonyl (C=O) groups excluding carboxylic acids is 2. The van der Waals surface area contributed by atoms with Gasteiger partial charge in [-0.3, -0.25) is 14.5 Å². The Morgan fingerprint density at radius 2 is 2.00 bits per heavy atom. The Labute approximate surface area is 195 Å². The third-order valence-electron chi connectivity index (χ3n) is 5.07. The monoisotopic (exact) mass is 486 g/mol. The summed E-state index contributed by atoms with van der Waals surface area (Å²) in [6.07, 6.45) is 2.71. The van der Waals surface area contributed by atoms with Gasteiger partial charge in [0.15, 0.2) is 0 Å². The largest absolute Gasteiger partial charge is 0.379 e. The van der Waals surface area contributed by atoms with Crippen molar-refractivity contribution in [2.24, 2.45) is 0 Å². The molecule has 0 bridgehead atoms. The van der Waals surface area contributed by atoms with Crippen LogP contribution in [0, 0.1) is 0 Å². The molecule has 0 aromatic heterocycles. The van der Waals surface area contributed by atoms with E-state index in [1.807, 2.05) is 18.4 Å². The molecule has 1 aliphatic rings. The van der Waals surface area contributed by atoms with Gasteiger partial charge in [0.05, 0.1) is 19.0 Å². The number of hydrogen-bond donors (Lipinski definition) is 3. The zero-order valence-electron chi connectivity index (χ0n) is 18.8. The van der Waals surface area contributed by atoms with E-state index in [0.29, 0.717) is 44.0 Å². The Morgan fingerprint density at radius 3 is 2.69 bits per heavy atom. The topological polar surface area (TPSA) is 117 Å². The van der Waals surface area contributed by atoms with Crippen molar-refractivity contribution in [3.63, 3.8) is 0 Å². The summed E-state index contributed by atoms with van der Waals surface area (Å²) in [5.41, 5.74) is 1.47. The second-order valence-corrected chi connectivity index (χ2v) is 10.6. The highest BCUT2D eigenvalue weighted by Gasteiger charge is 2.23. The zero-order chi connectivity index (χ0) is 23.4. The molecule has 2 rings (SSSR count). The molecule has 1 fully saturated rings. The number of sulfonamides is 1. The average molecular weight is 487 g/mol. The molecule has 9 nitrogen and oxygen atoms in total. The molecule has 180 valence electrons. The minimum Gasteiger partial charge on any atom is -0.379 e. The summed E-state index contributed by atoms with van der Waals surface area (Å²) < 4.78 is 31.6. The van der Waals surface area contributed by atoms with E-state index in [1.54, 1.807) is 23.9 Å². The Morgan fingerprint density at radius 1 is 1.25 bits per heavy atom. The lowest BCUT2D eigenvalue weighted by atomic mass is 10.1. The van der Waals surface area contributed by atoms with Crippen molar-refractivity contribution in [3.8, 4) is 0 Å². The molecule has 32 heavy (non-hydrogen) atoms. The van der Waals surface area contributed by atoms with Crippen molar-refractivity contribution in [2.45, 2.75) is 32.4 Å². The van der Waals surface area contributed by atoms with Crippen molar-refractivity contribution in [3.05, 3.63) is 29.8 Å². The van der Waals surface area contributed by atoms with Gasteiger partial charge in [-0.15, -0.1) is 0 Å². The fourth-order valence-corrected chi connectivity index (χ4v) is 4.46. The number of ether oxygens (including phenoxy) is 1. The van der Waals surface area contributed by atoms with Gasteiger partial charge in [-0.25, -0.2) is 13.1 Å². The molecule has 3 N–H and O–H groups in total. The number of benzene rings is 1. The van der Waals surface area contributed by atoms with Crippen LogP contribution in [0.25, 0.3) is 0 Å². The number of carbonyl (C=O) groups is 2. The van der Waals surface area contributed by atoms with Gasteiger partial charge < -0.3 is 15.4 Å². The Balaban J connectivity index is 1.86. The fourth-order valence-electron chi connectivity index (χ4n) is 3.16. The zero-order valence-corrected chi connectivity index (χ0v) is 20.4. The van der Waals surface area contributed by atoms with Crippen LogP contribution in [0.2, 0.25) is 0 Å². The van der Waals surface area contributed by atoms with Crippen LogP contribution >= 0.6 is 11.8 Å². The average Bonchev–Trinajstić information content (AvgIpc) is 2.79. The van der Waals surface area contributed by atoms with E-state index in [9.17, 15) is 18.0 Å². The van der Waals surface area contributed by atoms with Gasteiger partial charge in [-0.1, -0.05) is 12.1 Å². The molecule has 11 heteroatoms. The molecular weight excluding hydrogens is 452 g/mol. The van der Waals surface area contributed by atoms with Gasteiger partial charge in [0.2, 0.25) is 21.8 Å². The minimum atomic E-state index is -3.49. The molecule has 1 aromatic rings.